The number of carboxylic acid groups (broad SMARTS) is 1. The normalized spacial score (nSPS) is 12.4. The maximum atomic E-state index is 12.6. The van der Waals surface area contributed by atoms with Gasteiger partial charge >= 0.3 is 5.97 Å². The molecule has 0 aliphatic carbocycles. The highest BCUT2D eigenvalue weighted by Gasteiger charge is 2.10. The van der Waals surface area contributed by atoms with Gasteiger partial charge < -0.3 is 10.8 Å². The molecule has 17 heavy (non-hydrogen) atoms. The fourth-order valence-electron chi connectivity index (χ4n) is 1.03. The predicted molar refractivity (Wildman–Crippen MR) is 70.1 cm³/mol. The van der Waals surface area contributed by atoms with Crippen LogP contribution in [-0.2, 0) is 4.79 Å². The van der Waals surface area contributed by atoms with Crippen LogP contribution in [0.15, 0.2) is 29.2 Å². The van der Waals surface area contributed by atoms with Gasteiger partial charge in [-0.25, -0.2) is 4.39 Å². The van der Waals surface area contributed by atoms with Gasteiger partial charge in [0.25, 0.3) is 0 Å². The highest BCUT2D eigenvalue weighted by atomic mass is 32.2. The van der Waals surface area contributed by atoms with Crippen molar-refractivity contribution in [1.82, 2.24) is 0 Å². The van der Waals surface area contributed by atoms with Gasteiger partial charge in [0.2, 0.25) is 0 Å². The van der Waals surface area contributed by atoms with Crippen LogP contribution in [0.1, 0.15) is 0 Å². The smallest absolute Gasteiger partial charge is 0.321 e. The van der Waals surface area contributed by atoms with Gasteiger partial charge in [-0.15, -0.1) is 11.8 Å². The molecular weight excluding hydrogens is 261 g/mol. The molecule has 0 aliphatic rings. The van der Waals surface area contributed by atoms with Crippen LogP contribution < -0.4 is 5.73 Å². The Hall–Kier alpha value is -0.720. The topological polar surface area (TPSA) is 63.3 Å². The summed E-state index contributed by atoms with van der Waals surface area (Å²) in [6, 6.07) is 5.52. The molecule has 0 aromatic heterocycles. The Morgan fingerprint density at radius 3 is 2.59 bits per heavy atom. The number of hydrogen-bond acceptors (Lipinski definition) is 4. The number of aliphatic carboxylic acids is 1. The van der Waals surface area contributed by atoms with Gasteiger partial charge in [-0.3, -0.25) is 4.79 Å². The second-order valence-electron chi connectivity index (χ2n) is 3.32. The molecule has 0 radical (unpaired) electrons. The van der Waals surface area contributed by atoms with E-state index in [1.54, 1.807) is 23.9 Å². The molecule has 0 fully saturated rings. The Morgan fingerprint density at radius 1 is 1.35 bits per heavy atom. The van der Waals surface area contributed by atoms with Gasteiger partial charge in [0, 0.05) is 22.2 Å². The van der Waals surface area contributed by atoms with Gasteiger partial charge in [0.15, 0.2) is 0 Å². The molecule has 1 atom stereocenters. The van der Waals surface area contributed by atoms with Gasteiger partial charge in [0.1, 0.15) is 11.9 Å². The summed E-state index contributed by atoms with van der Waals surface area (Å²) in [5.74, 6) is 0.880. The molecule has 3 N–H and O–H groups in total. The highest BCUT2D eigenvalue weighted by molar-refractivity contribution is 8.03. The van der Waals surface area contributed by atoms with Crippen LogP contribution >= 0.6 is 23.5 Å². The van der Waals surface area contributed by atoms with E-state index in [1.807, 2.05) is 0 Å². The molecule has 0 heterocycles. The highest BCUT2D eigenvalue weighted by Crippen LogP contribution is 2.19. The maximum absolute atomic E-state index is 12.6. The molecule has 0 spiro atoms. The Morgan fingerprint density at radius 2 is 2.00 bits per heavy atom. The van der Waals surface area contributed by atoms with E-state index in [4.69, 9.17) is 10.8 Å². The van der Waals surface area contributed by atoms with E-state index in [-0.39, 0.29) is 5.82 Å². The van der Waals surface area contributed by atoms with Crippen molar-refractivity contribution in [2.75, 3.05) is 17.3 Å². The van der Waals surface area contributed by atoms with Crippen molar-refractivity contribution in [3.8, 4) is 0 Å². The van der Waals surface area contributed by atoms with E-state index in [0.717, 1.165) is 16.4 Å². The van der Waals surface area contributed by atoms with Gasteiger partial charge in [-0.2, -0.15) is 11.8 Å². The maximum Gasteiger partial charge on any atom is 0.321 e. The van der Waals surface area contributed by atoms with E-state index in [1.165, 1.54) is 23.9 Å². The zero-order chi connectivity index (χ0) is 12.7. The lowest BCUT2D eigenvalue weighted by atomic mass is 10.4. The van der Waals surface area contributed by atoms with Crippen LogP contribution in [0.25, 0.3) is 0 Å². The number of carbonyl (C=O) groups is 1. The lowest BCUT2D eigenvalue weighted by molar-refractivity contribution is -0.137. The van der Waals surface area contributed by atoms with Crippen LogP contribution in [0.5, 0.6) is 0 Å². The number of hydrogen-bond donors (Lipinski definition) is 2. The molecule has 1 unspecified atom stereocenters. The van der Waals surface area contributed by atoms with E-state index in [2.05, 4.69) is 0 Å². The van der Waals surface area contributed by atoms with Crippen molar-refractivity contribution >= 4 is 29.5 Å². The third-order valence-electron chi connectivity index (χ3n) is 1.92. The lowest BCUT2D eigenvalue weighted by Crippen LogP contribution is -2.32. The molecule has 94 valence electrons. The Bertz CT molecular complexity index is 359. The third-order valence-corrected chi connectivity index (χ3v) is 4.28. The van der Waals surface area contributed by atoms with Crippen LogP contribution in [0, 0.1) is 5.82 Å². The standard InChI is InChI=1S/C11H14FNO2S2/c12-8-1-3-9(4-2-8)17-6-5-16-7-10(13)11(14)15/h1-4,10H,5-7,13H2,(H,14,15). The van der Waals surface area contributed by atoms with Crippen LogP contribution in [-0.4, -0.2) is 34.4 Å². The number of thioether (sulfide) groups is 2. The van der Waals surface area contributed by atoms with Crippen molar-refractivity contribution in [3.05, 3.63) is 30.1 Å². The molecule has 0 bridgehead atoms. The summed E-state index contributed by atoms with van der Waals surface area (Å²) in [5, 5.41) is 8.56. The number of carboxylic acids is 1. The minimum Gasteiger partial charge on any atom is -0.480 e. The van der Waals surface area contributed by atoms with Gasteiger partial charge in [0.05, 0.1) is 0 Å². The van der Waals surface area contributed by atoms with E-state index < -0.39 is 12.0 Å². The molecule has 6 heteroatoms. The second kappa shape index (κ2) is 7.58. The average molecular weight is 275 g/mol. The molecule has 1 aromatic carbocycles. The lowest BCUT2D eigenvalue weighted by Gasteiger charge is -2.05. The van der Waals surface area contributed by atoms with Gasteiger partial charge in [-0.1, -0.05) is 0 Å². The molecule has 1 rings (SSSR count). The Kier molecular flexibility index (Phi) is 6.39. The van der Waals surface area contributed by atoms with Crippen molar-refractivity contribution < 1.29 is 14.3 Å². The van der Waals surface area contributed by atoms with Crippen LogP contribution in [0.4, 0.5) is 4.39 Å². The fraction of sp³-hybridized carbons (Fsp3) is 0.364. The molecule has 0 saturated heterocycles. The average Bonchev–Trinajstić information content (AvgIpc) is 2.30. The Labute approximate surface area is 108 Å². The third kappa shape index (κ3) is 5.95. The molecule has 3 nitrogen and oxygen atoms in total. The first-order valence-corrected chi connectivity index (χ1v) is 7.18. The number of rotatable bonds is 7. The van der Waals surface area contributed by atoms with Crippen molar-refractivity contribution in [3.63, 3.8) is 0 Å². The summed E-state index contributed by atoms with van der Waals surface area (Å²) in [5.41, 5.74) is 5.36. The molecular formula is C11H14FNO2S2. The summed E-state index contributed by atoms with van der Waals surface area (Å²) in [6.45, 7) is 0. The first kappa shape index (κ1) is 14.3. The van der Waals surface area contributed by atoms with Crippen molar-refractivity contribution in [2.24, 2.45) is 5.73 Å². The van der Waals surface area contributed by atoms with Crippen molar-refractivity contribution in [1.29, 1.82) is 0 Å². The first-order valence-electron chi connectivity index (χ1n) is 5.04. The Balaban J connectivity index is 2.12. The summed E-state index contributed by atoms with van der Waals surface area (Å²) in [4.78, 5) is 11.4. The van der Waals surface area contributed by atoms with Crippen LogP contribution in [0.2, 0.25) is 0 Å². The largest absolute Gasteiger partial charge is 0.480 e. The zero-order valence-electron chi connectivity index (χ0n) is 9.14. The summed E-state index contributed by atoms with van der Waals surface area (Å²) < 4.78 is 12.6. The fourth-order valence-corrected chi connectivity index (χ4v) is 2.96. The summed E-state index contributed by atoms with van der Waals surface area (Å²) in [7, 11) is 0. The predicted octanol–water partition coefficient (Wildman–Crippen LogP) is 2.06. The number of halogens is 1. The number of nitrogens with two attached hydrogens (primary N) is 1. The van der Waals surface area contributed by atoms with Crippen LogP contribution in [0.3, 0.4) is 0 Å². The van der Waals surface area contributed by atoms with E-state index in [9.17, 15) is 9.18 Å². The molecule has 0 aliphatic heterocycles. The van der Waals surface area contributed by atoms with Crippen molar-refractivity contribution in [2.45, 2.75) is 10.9 Å². The summed E-state index contributed by atoms with van der Waals surface area (Å²) >= 11 is 3.12. The molecule has 1 aromatic rings. The SMILES string of the molecule is NC(CSCCSc1ccc(F)cc1)C(=O)O. The monoisotopic (exact) mass is 275 g/mol. The number of benzene rings is 1. The zero-order valence-corrected chi connectivity index (χ0v) is 10.8. The molecule has 0 saturated carbocycles. The minimum atomic E-state index is -0.969. The first-order chi connectivity index (χ1) is 8.09. The summed E-state index contributed by atoms with van der Waals surface area (Å²) in [6.07, 6.45) is 0. The molecule has 0 amide bonds. The van der Waals surface area contributed by atoms with Gasteiger partial charge in [-0.05, 0) is 24.3 Å². The van der Waals surface area contributed by atoms with E-state index in [0.29, 0.717) is 5.75 Å². The minimum absolute atomic E-state index is 0.240. The van der Waals surface area contributed by atoms with E-state index >= 15 is 0 Å². The second-order valence-corrected chi connectivity index (χ2v) is 5.64. The quantitative estimate of drug-likeness (QED) is 0.589.